The van der Waals surface area contributed by atoms with Crippen LogP contribution in [0.4, 0.5) is 0 Å². The van der Waals surface area contributed by atoms with Crippen LogP contribution in [0.5, 0.6) is 0 Å². The fraction of sp³-hybridized carbons (Fsp3) is 0.588. The van der Waals surface area contributed by atoms with Crippen molar-refractivity contribution >= 4 is 5.91 Å². The summed E-state index contributed by atoms with van der Waals surface area (Å²) < 4.78 is 0. The number of benzene rings is 1. The minimum absolute atomic E-state index is 0.295. The molecule has 1 unspecified atom stereocenters. The van der Waals surface area contributed by atoms with Crippen molar-refractivity contribution in [2.75, 3.05) is 13.1 Å². The molecule has 1 aromatic carbocycles. The van der Waals surface area contributed by atoms with Crippen LogP contribution in [0.3, 0.4) is 0 Å². The smallest absolute Gasteiger partial charge is 0.226 e. The maximum absolute atomic E-state index is 12.3. The monoisotopic (exact) mass is 259 g/mol. The fourth-order valence-electron chi connectivity index (χ4n) is 2.99. The maximum atomic E-state index is 12.3. The summed E-state index contributed by atoms with van der Waals surface area (Å²) >= 11 is 0. The third-order valence-corrected chi connectivity index (χ3v) is 4.10. The van der Waals surface area contributed by atoms with Gasteiger partial charge in [0.05, 0.1) is 6.42 Å². The average Bonchev–Trinajstić information content (AvgIpc) is 2.66. The lowest BCUT2D eigenvalue weighted by atomic mass is 9.96. The Hall–Kier alpha value is -1.31. The maximum Gasteiger partial charge on any atom is 0.226 e. The highest BCUT2D eigenvalue weighted by Gasteiger charge is 2.20. The van der Waals surface area contributed by atoms with Crippen molar-refractivity contribution in [2.24, 2.45) is 5.92 Å². The molecule has 19 heavy (non-hydrogen) atoms. The van der Waals surface area contributed by atoms with Crippen LogP contribution in [-0.4, -0.2) is 23.9 Å². The van der Waals surface area contributed by atoms with Crippen LogP contribution in [-0.2, 0) is 11.2 Å². The Labute approximate surface area is 116 Å². The normalized spacial score (nSPS) is 20.1. The second-order valence-corrected chi connectivity index (χ2v) is 5.63. The van der Waals surface area contributed by atoms with Crippen LogP contribution in [0.15, 0.2) is 30.3 Å². The Morgan fingerprint density at radius 1 is 1.21 bits per heavy atom. The SMILES string of the molecule is CCCC1CCCN(C(=O)Cc2ccccc2)CC1. The molecule has 1 aliphatic rings. The molecular weight excluding hydrogens is 234 g/mol. The molecule has 2 nitrogen and oxygen atoms in total. The zero-order valence-corrected chi connectivity index (χ0v) is 12.0. The number of likely N-dealkylation sites (tertiary alicyclic amines) is 1. The van der Waals surface area contributed by atoms with Gasteiger partial charge in [-0.15, -0.1) is 0 Å². The molecule has 0 radical (unpaired) electrons. The van der Waals surface area contributed by atoms with Crippen molar-refractivity contribution in [3.05, 3.63) is 35.9 Å². The van der Waals surface area contributed by atoms with Gasteiger partial charge in [0.2, 0.25) is 5.91 Å². The largest absolute Gasteiger partial charge is 0.342 e. The standard InChI is InChI=1S/C17H25NO/c1-2-7-15-10-6-12-18(13-11-15)17(19)14-16-8-4-3-5-9-16/h3-5,8-9,15H,2,6-7,10-14H2,1H3. The number of amides is 1. The molecule has 1 aliphatic heterocycles. The summed E-state index contributed by atoms with van der Waals surface area (Å²) in [5.41, 5.74) is 1.13. The van der Waals surface area contributed by atoms with Crippen LogP contribution < -0.4 is 0 Å². The van der Waals surface area contributed by atoms with E-state index in [9.17, 15) is 4.79 Å². The van der Waals surface area contributed by atoms with E-state index in [-0.39, 0.29) is 0 Å². The lowest BCUT2D eigenvalue weighted by Crippen LogP contribution is -2.33. The number of carbonyl (C=O) groups is 1. The van der Waals surface area contributed by atoms with Gasteiger partial charge in [0, 0.05) is 13.1 Å². The van der Waals surface area contributed by atoms with Crippen molar-refractivity contribution in [3.8, 4) is 0 Å². The van der Waals surface area contributed by atoms with Crippen LogP contribution in [0.25, 0.3) is 0 Å². The third-order valence-electron chi connectivity index (χ3n) is 4.10. The number of carbonyl (C=O) groups excluding carboxylic acids is 1. The average molecular weight is 259 g/mol. The molecular formula is C17H25NO. The van der Waals surface area contributed by atoms with E-state index in [1.165, 1.54) is 32.1 Å². The second-order valence-electron chi connectivity index (χ2n) is 5.63. The first-order valence-electron chi connectivity index (χ1n) is 7.61. The Kier molecular flexibility index (Phi) is 5.44. The molecule has 1 saturated heterocycles. The van der Waals surface area contributed by atoms with Gasteiger partial charge in [-0.05, 0) is 30.7 Å². The van der Waals surface area contributed by atoms with Gasteiger partial charge in [-0.2, -0.15) is 0 Å². The summed E-state index contributed by atoms with van der Waals surface area (Å²) in [6.07, 6.45) is 6.80. The zero-order chi connectivity index (χ0) is 13.5. The second kappa shape index (κ2) is 7.32. The van der Waals surface area contributed by atoms with Gasteiger partial charge in [0.1, 0.15) is 0 Å². The van der Waals surface area contributed by atoms with E-state index >= 15 is 0 Å². The Morgan fingerprint density at radius 3 is 2.74 bits per heavy atom. The summed E-state index contributed by atoms with van der Waals surface area (Å²) in [5, 5.41) is 0. The third kappa shape index (κ3) is 4.38. The van der Waals surface area contributed by atoms with Crippen LogP contribution in [0, 0.1) is 5.92 Å². The van der Waals surface area contributed by atoms with Crippen LogP contribution >= 0.6 is 0 Å². The molecule has 0 aliphatic carbocycles. The van der Waals surface area contributed by atoms with E-state index in [4.69, 9.17) is 0 Å². The molecule has 2 heteroatoms. The molecule has 0 saturated carbocycles. The number of hydrogen-bond acceptors (Lipinski definition) is 1. The van der Waals surface area contributed by atoms with Crippen LogP contribution in [0.2, 0.25) is 0 Å². The summed E-state index contributed by atoms with van der Waals surface area (Å²) in [5.74, 6) is 1.13. The van der Waals surface area contributed by atoms with Crippen molar-refractivity contribution in [1.82, 2.24) is 4.90 Å². The highest BCUT2D eigenvalue weighted by atomic mass is 16.2. The first kappa shape index (κ1) is 14.1. The van der Waals surface area contributed by atoms with E-state index in [2.05, 4.69) is 11.8 Å². The van der Waals surface area contributed by atoms with Gasteiger partial charge >= 0.3 is 0 Å². The highest BCUT2D eigenvalue weighted by molar-refractivity contribution is 5.78. The lowest BCUT2D eigenvalue weighted by Gasteiger charge is -2.20. The van der Waals surface area contributed by atoms with Gasteiger partial charge in [-0.25, -0.2) is 0 Å². The molecule has 2 rings (SSSR count). The molecule has 104 valence electrons. The highest BCUT2D eigenvalue weighted by Crippen LogP contribution is 2.22. The zero-order valence-electron chi connectivity index (χ0n) is 12.0. The topological polar surface area (TPSA) is 20.3 Å². The summed E-state index contributed by atoms with van der Waals surface area (Å²) in [6, 6.07) is 10.1. The number of hydrogen-bond donors (Lipinski definition) is 0. The first-order valence-corrected chi connectivity index (χ1v) is 7.61. The predicted octanol–water partition coefficient (Wildman–Crippen LogP) is 3.66. The van der Waals surface area contributed by atoms with E-state index in [1.807, 2.05) is 30.3 Å². The van der Waals surface area contributed by atoms with Crippen molar-refractivity contribution in [3.63, 3.8) is 0 Å². The van der Waals surface area contributed by atoms with Gasteiger partial charge in [0.15, 0.2) is 0 Å². The van der Waals surface area contributed by atoms with Gasteiger partial charge in [-0.1, -0.05) is 50.1 Å². The Bertz CT molecular complexity index is 388. The van der Waals surface area contributed by atoms with Gasteiger partial charge in [-0.3, -0.25) is 4.79 Å². The molecule has 1 amide bonds. The van der Waals surface area contributed by atoms with E-state index < -0.39 is 0 Å². The molecule has 1 aromatic rings. The van der Waals surface area contributed by atoms with Crippen molar-refractivity contribution in [1.29, 1.82) is 0 Å². The molecule has 1 heterocycles. The molecule has 1 fully saturated rings. The minimum atomic E-state index is 0.295. The van der Waals surface area contributed by atoms with Gasteiger partial charge < -0.3 is 4.90 Å². The molecule has 0 N–H and O–H groups in total. The first-order chi connectivity index (χ1) is 9.29. The summed E-state index contributed by atoms with van der Waals surface area (Å²) in [7, 11) is 0. The lowest BCUT2D eigenvalue weighted by molar-refractivity contribution is -0.130. The quantitative estimate of drug-likeness (QED) is 0.808. The van der Waals surface area contributed by atoms with Crippen molar-refractivity contribution in [2.45, 2.75) is 45.4 Å². The van der Waals surface area contributed by atoms with E-state index in [1.54, 1.807) is 0 Å². The summed E-state index contributed by atoms with van der Waals surface area (Å²) in [4.78, 5) is 14.4. The molecule has 1 atom stereocenters. The predicted molar refractivity (Wildman–Crippen MR) is 79.0 cm³/mol. The van der Waals surface area contributed by atoms with E-state index in [0.29, 0.717) is 12.3 Å². The van der Waals surface area contributed by atoms with Gasteiger partial charge in [0.25, 0.3) is 0 Å². The summed E-state index contributed by atoms with van der Waals surface area (Å²) in [6.45, 7) is 4.16. The number of nitrogens with zero attached hydrogens (tertiary/aromatic N) is 1. The Balaban J connectivity index is 1.86. The minimum Gasteiger partial charge on any atom is -0.342 e. The fourth-order valence-corrected chi connectivity index (χ4v) is 2.99. The molecule has 0 bridgehead atoms. The molecule has 0 spiro atoms. The Morgan fingerprint density at radius 2 is 2.00 bits per heavy atom. The number of rotatable bonds is 4. The van der Waals surface area contributed by atoms with Crippen LogP contribution in [0.1, 0.15) is 44.6 Å². The van der Waals surface area contributed by atoms with E-state index in [0.717, 1.165) is 24.6 Å². The molecule has 0 aromatic heterocycles. The van der Waals surface area contributed by atoms with Crippen molar-refractivity contribution < 1.29 is 4.79 Å².